The van der Waals surface area contributed by atoms with Crippen LogP contribution >= 0.6 is 0 Å². The molecule has 1 saturated heterocycles. The van der Waals surface area contributed by atoms with Crippen LogP contribution in [-0.2, 0) is 21.1 Å². The fraction of sp³-hybridized carbons (Fsp3) is 0.577. The Morgan fingerprint density at radius 3 is 2.53 bits per heavy atom. The molecule has 3 aliphatic rings. The lowest BCUT2D eigenvalue weighted by Crippen LogP contribution is -2.42. The highest BCUT2D eigenvalue weighted by molar-refractivity contribution is 7.91. The van der Waals surface area contributed by atoms with Crippen molar-refractivity contribution in [2.24, 2.45) is 5.92 Å². The Kier molecular flexibility index (Phi) is 6.92. The Morgan fingerprint density at radius 2 is 1.87 bits per heavy atom. The topological polar surface area (TPSA) is 116 Å². The first-order valence-electron chi connectivity index (χ1n) is 12.8. The molecule has 2 aromatic rings. The Bertz CT molecular complexity index is 1350. The van der Waals surface area contributed by atoms with Crippen molar-refractivity contribution >= 4 is 21.4 Å². The molecule has 1 aliphatic heterocycles. The standard InChI is InChI=1S/C26H29F3N4O4S/c27-26(28,29)15-21-31-22(19-7-3-4-8-20(19)33-11-13-38(35,36)14-12-33)23(37-21)17-5-1-2-6-18(17)24(34)32-25(16-30)9-10-25/h3-4,7-8,17-18H,1-2,5-6,9-15H2,(H,32,34)/t17-,18-/m1/s1. The lowest BCUT2D eigenvalue weighted by Gasteiger charge is -2.32. The van der Waals surface area contributed by atoms with Crippen molar-refractivity contribution in [2.75, 3.05) is 29.5 Å². The average molecular weight is 551 g/mol. The van der Waals surface area contributed by atoms with Gasteiger partial charge >= 0.3 is 6.18 Å². The fourth-order valence-electron chi connectivity index (χ4n) is 5.45. The molecular formula is C26H29F3N4O4S. The number of oxazole rings is 1. The number of hydrogen-bond acceptors (Lipinski definition) is 7. The number of hydrogen-bond donors (Lipinski definition) is 1. The van der Waals surface area contributed by atoms with E-state index in [0.717, 1.165) is 12.8 Å². The first-order valence-corrected chi connectivity index (χ1v) is 14.7. The summed E-state index contributed by atoms with van der Waals surface area (Å²) >= 11 is 0. The summed E-state index contributed by atoms with van der Waals surface area (Å²) in [6.45, 7) is 0.513. The molecular weight excluding hydrogens is 521 g/mol. The Hall–Kier alpha value is -3.07. The minimum Gasteiger partial charge on any atom is -0.444 e. The summed E-state index contributed by atoms with van der Waals surface area (Å²) in [6.07, 6.45) is -2.10. The Labute approximate surface area is 219 Å². The first-order chi connectivity index (χ1) is 18.0. The highest BCUT2D eigenvalue weighted by Crippen LogP contribution is 2.45. The molecule has 2 atom stereocenters. The highest BCUT2D eigenvalue weighted by Gasteiger charge is 2.47. The van der Waals surface area contributed by atoms with Gasteiger partial charge in [-0.15, -0.1) is 0 Å². The van der Waals surface area contributed by atoms with Crippen molar-refractivity contribution in [3.63, 3.8) is 0 Å². The monoisotopic (exact) mass is 550 g/mol. The highest BCUT2D eigenvalue weighted by atomic mass is 32.2. The zero-order valence-corrected chi connectivity index (χ0v) is 21.6. The van der Waals surface area contributed by atoms with Gasteiger partial charge in [0.25, 0.3) is 0 Å². The van der Waals surface area contributed by atoms with Crippen LogP contribution in [0.4, 0.5) is 18.9 Å². The van der Waals surface area contributed by atoms with E-state index in [0.29, 0.717) is 36.9 Å². The minimum absolute atomic E-state index is 0.0160. The van der Waals surface area contributed by atoms with Crippen LogP contribution in [0.3, 0.4) is 0 Å². The summed E-state index contributed by atoms with van der Waals surface area (Å²) in [5.41, 5.74) is 0.596. The number of nitriles is 1. The number of halogens is 3. The molecule has 2 aliphatic carbocycles. The molecule has 1 N–H and O–H groups in total. The number of alkyl halides is 3. The van der Waals surface area contributed by atoms with E-state index in [2.05, 4.69) is 16.4 Å². The molecule has 204 valence electrons. The maximum absolute atomic E-state index is 13.3. The average Bonchev–Trinajstić information content (AvgIpc) is 3.53. The minimum atomic E-state index is -4.53. The van der Waals surface area contributed by atoms with Gasteiger partial charge in [-0.25, -0.2) is 13.4 Å². The molecule has 38 heavy (non-hydrogen) atoms. The van der Waals surface area contributed by atoms with E-state index in [1.54, 1.807) is 24.3 Å². The number of aromatic nitrogens is 1. The van der Waals surface area contributed by atoms with Crippen molar-refractivity contribution in [1.82, 2.24) is 10.3 Å². The van der Waals surface area contributed by atoms with Gasteiger partial charge in [-0.3, -0.25) is 4.79 Å². The van der Waals surface area contributed by atoms with Gasteiger partial charge in [-0.1, -0.05) is 31.0 Å². The number of nitrogens with zero attached hydrogens (tertiary/aromatic N) is 3. The molecule has 0 unspecified atom stereocenters. The van der Waals surface area contributed by atoms with Gasteiger partial charge in [-0.2, -0.15) is 18.4 Å². The van der Waals surface area contributed by atoms with Crippen molar-refractivity contribution < 1.29 is 30.8 Å². The number of carbonyl (C=O) groups excluding carboxylic acids is 1. The van der Waals surface area contributed by atoms with E-state index in [1.165, 1.54) is 0 Å². The summed E-state index contributed by atoms with van der Waals surface area (Å²) in [4.78, 5) is 19.5. The van der Waals surface area contributed by atoms with Crippen LogP contribution in [-0.4, -0.2) is 55.6 Å². The van der Waals surface area contributed by atoms with Gasteiger partial charge in [0.05, 0.1) is 17.6 Å². The van der Waals surface area contributed by atoms with Gasteiger partial charge in [0, 0.05) is 36.2 Å². The lowest BCUT2D eigenvalue weighted by atomic mass is 9.76. The second kappa shape index (κ2) is 9.91. The third-order valence-corrected chi connectivity index (χ3v) is 9.27. The van der Waals surface area contributed by atoms with Crippen molar-refractivity contribution in [3.05, 3.63) is 35.9 Å². The number of amides is 1. The predicted molar refractivity (Wildman–Crippen MR) is 133 cm³/mol. The second-order valence-electron chi connectivity index (χ2n) is 10.4. The van der Waals surface area contributed by atoms with Crippen molar-refractivity contribution in [3.8, 4) is 17.3 Å². The summed E-state index contributed by atoms with van der Waals surface area (Å²) in [7, 11) is -3.14. The third kappa shape index (κ3) is 5.67. The zero-order valence-electron chi connectivity index (χ0n) is 20.8. The van der Waals surface area contributed by atoms with E-state index in [4.69, 9.17) is 4.42 Å². The Morgan fingerprint density at radius 1 is 1.18 bits per heavy atom. The number of nitrogens with one attached hydrogen (secondary N) is 1. The van der Waals surface area contributed by atoms with E-state index >= 15 is 0 Å². The van der Waals surface area contributed by atoms with E-state index < -0.39 is 45.7 Å². The van der Waals surface area contributed by atoms with E-state index in [9.17, 15) is 31.6 Å². The summed E-state index contributed by atoms with van der Waals surface area (Å²) < 4.78 is 69.8. The molecule has 12 heteroatoms. The van der Waals surface area contributed by atoms with Crippen LogP contribution in [0.1, 0.15) is 56.1 Å². The summed E-state index contributed by atoms with van der Waals surface area (Å²) in [6, 6.07) is 9.22. The first kappa shape index (κ1) is 26.5. The number of benzene rings is 1. The van der Waals surface area contributed by atoms with Gasteiger partial charge in [0.1, 0.15) is 23.4 Å². The predicted octanol–water partition coefficient (Wildman–Crippen LogP) is 4.13. The molecule has 3 fully saturated rings. The third-order valence-electron chi connectivity index (χ3n) is 7.66. The lowest BCUT2D eigenvalue weighted by molar-refractivity contribution is -0.131. The smallest absolute Gasteiger partial charge is 0.397 e. The number of sulfone groups is 1. The van der Waals surface area contributed by atoms with Crippen molar-refractivity contribution in [1.29, 1.82) is 5.26 Å². The summed E-state index contributed by atoms with van der Waals surface area (Å²) in [5, 5.41) is 12.3. The van der Waals surface area contributed by atoms with Gasteiger partial charge in [0.15, 0.2) is 9.84 Å². The fourth-order valence-corrected chi connectivity index (χ4v) is 6.65. The molecule has 5 rings (SSSR count). The maximum Gasteiger partial charge on any atom is 0.397 e. The largest absolute Gasteiger partial charge is 0.444 e. The van der Waals surface area contributed by atoms with Gasteiger partial charge < -0.3 is 14.6 Å². The molecule has 0 radical (unpaired) electrons. The quantitative estimate of drug-likeness (QED) is 0.575. The maximum atomic E-state index is 13.3. The molecule has 2 saturated carbocycles. The molecule has 1 amide bonds. The van der Waals surface area contributed by atoms with Crippen LogP contribution < -0.4 is 10.2 Å². The van der Waals surface area contributed by atoms with Crippen LogP contribution in [0.25, 0.3) is 11.3 Å². The SMILES string of the molecule is N#CC1(NC(=O)[C@@H]2CCCC[C@H]2c2oc(CC(F)(F)F)nc2-c2ccccc2N2CCS(=O)(=O)CC2)CC1. The summed E-state index contributed by atoms with van der Waals surface area (Å²) in [5.74, 6) is -1.62. The second-order valence-corrected chi connectivity index (χ2v) is 12.8. The van der Waals surface area contributed by atoms with Crippen LogP contribution in [0, 0.1) is 17.2 Å². The van der Waals surface area contributed by atoms with E-state index in [1.807, 2.05) is 4.90 Å². The van der Waals surface area contributed by atoms with Crippen LogP contribution in [0.5, 0.6) is 0 Å². The van der Waals surface area contributed by atoms with Crippen molar-refractivity contribution in [2.45, 2.75) is 62.6 Å². The van der Waals surface area contributed by atoms with Crippen LogP contribution in [0.2, 0.25) is 0 Å². The van der Waals surface area contributed by atoms with Gasteiger partial charge in [0.2, 0.25) is 11.8 Å². The normalized spacial score (nSPS) is 24.4. The van der Waals surface area contributed by atoms with Crippen LogP contribution in [0.15, 0.2) is 28.7 Å². The number of para-hydroxylation sites is 1. The number of rotatable bonds is 6. The Balaban J connectivity index is 1.54. The van der Waals surface area contributed by atoms with Gasteiger partial charge in [-0.05, 0) is 31.7 Å². The van der Waals surface area contributed by atoms with E-state index in [-0.39, 0.29) is 42.0 Å². The number of anilines is 1. The zero-order chi connectivity index (χ0) is 27.1. The molecule has 8 nitrogen and oxygen atoms in total. The molecule has 1 aromatic heterocycles. The molecule has 1 aromatic carbocycles. The number of carbonyl (C=O) groups is 1. The molecule has 0 bridgehead atoms. The molecule has 0 spiro atoms. The molecule has 2 heterocycles.